The molecule has 0 spiro atoms. The van der Waals surface area contributed by atoms with Crippen LogP contribution in [0, 0.1) is 27.7 Å². The van der Waals surface area contributed by atoms with Gasteiger partial charge in [-0.3, -0.25) is 4.79 Å². The number of ether oxygens (including phenoxy) is 1. The number of carbonyl (C=O) groups excluding carboxylic acids is 1. The third-order valence-corrected chi connectivity index (χ3v) is 5.14. The van der Waals surface area contributed by atoms with E-state index in [0.717, 1.165) is 22.4 Å². The van der Waals surface area contributed by atoms with Crippen LogP contribution in [0.4, 0.5) is 0 Å². The molecular weight excluding hydrogens is 322 g/mol. The van der Waals surface area contributed by atoms with Crippen LogP contribution < -0.4 is 10.1 Å². The van der Waals surface area contributed by atoms with Crippen molar-refractivity contribution in [2.75, 3.05) is 7.11 Å². The first-order valence-electron chi connectivity index (χ1n) is 9.22. The van der Waals surface area contributed by atoms with Crippen LogP contribution in [0.3, 0.4) is 0 Å². The minimum atomic E-state index is -0.0502. The van der Waals surface area contributed by atoms with E-state index in [1.807, 2.05) is 26.0 Å². The van der Waals surface area contributed by atoms with Crippen molar-refractivity contribution in [3.63, 3.8) is 0 Å². The molecule has 3 heteroatoms. The molecule has 0 aromatic heterocycles. The quantitative estimate of drug-likeness (QED) is 0.766. The number of carbonyl (C=O) groups is 1. The van der Waals surface area contributed by atoms with Gasteiger partial charge < -0.3 is 10.1 Å². The lowest BCUT2D eigenvalue weighted by atomic mass is 9.94. The highest BCUT2D eigenvalue weighted by atomic mass is 16.5. The number of benzene rings is 2. The van der Waals surface area contributed by atoms with Crippen molar-refractivity contribution in [1.29, 1.82) is 0 Å². The Labute approximate surface area is 157 Å². The molecule has 3 nitrogen and oxygen atoms in total. The number of methoxy groups -OCH3 is 1. The van der Waals surface area contributed by atoms with Gasteiger partial charge >= 0.3 is 0 Å². The van der Waals surface area contributed by atoms with Crippen LogP contribution in [0.2, 0.25) is 0 Å². The molecular formula is C23H31NO2. The van der Waals surface area contributed by atoms with E-state index in [4.69, 9.17) is 4.74 Å². The molecule has 26 heavy (non-hydrogen) atoms. The lowest BCUT2D eigenvalue weighted by molar-refractivity contribution is 0.0939. The predicted octanol–water partition coefficient (Wildman–Crippen LogP) is 5.54. The third kappa shape index (κ3) is 4.09. The third-order valence-electron chi connectivity index (χ3n) is 5.14. The Morgan fingerprint density at radius 2 is 1.46 bits per heavy atom. The molecule has 0 heterocycles. The maximum absolute atomic E-state index is 12.9. The molecule has 0 bridgehead atoms. The monoisotopic (exact) mass is 353 g/mol. The largest absolute Gasteiger partial charge is 0.496 e. The van der Waals surface area contributed by atoms with E-state index in [1.54, 1.807) is 7.11 Å². The van der Waals surface area contributed by atoms with E-state index in [2.05, 4.69) is 52.1 Å². The van der Waals surface area contributed by atoms with Crippen molar-refractivity contribution in [2.24, 2.45) is 0 Å². The van der Waals surface area contributed by atoms with Gasteiger partial charge in [0.2, 0.25) is 0 Å². The van der Waals surface area contributed by atoms with Gasteiger partial charge in [-0.1, -0.05) is 26.0 Å². The lowest BCUT2D eigenvalue weighted by Gasteiger charge is -2.20. The molecule has 0 fully saturated rings. The van der Waals surface area contributed by atoms with Gasteiger partial charge in [0.05, 0.1) is 13.2 Å². The van der Waals surface area contributed by atoms with E-state index in [1.165, 1.54) is 16.7 Å². The second-order valence-corrected chi connectivity index (χ2v) is 7.55. The number of hydrogen-bond acceptors (Lipinski definition) is 2. The second kappa shape index (κ2) is 7.94. The van der Waals surface area contributed by atoms with Crippen molar-refractivity contribution in [1.82, 2.24) is 5.32 Å². The van der Waals surface area contributed by atoms with Gasteiger partial charge in [0.15, 0.2) is 0 Å². The van der Waals surface area contributed by atoms with Crippen molar-refractivity contribution in [3.05, 3.63) is 63.2 Å². The summed E-state index contributed by atoms with van der Waals surface area (Å²) >= 11 is 0. The topological polar surface area (TPSA) is 38.3 Å². The molecule has 0 aliphatic carbocycles. The fourth-order valence-electron chi connectivity index (χ4n) is 3.37. The summed E-state index contributed by atoms with van der Waals surface area (Å²) in [5, 5.41) is 3.16. The minimum absolute atomic E-state index is 0.0443. The summed E-state index contributed by atoms with van der Waals surface area (Å²) in [6.07, 6.45) is 0. The summed E-state index contributed by atoms with van der Waals surface area (Å²) in [6.45, 7) is 14.5. The summed E-state index contributed by atoms with van der Waals surface area (Å²) < 4.78 is 5.48. The second-order valence-electron chi connectivity index (χ2n) is 7.55. The maximum Gasteiger partial charge on any atom is 0.252 e. The number of rotatable bonds is 5. The SMILES string of the molecule is COc1cc(C)c(C(=O)N[C@H](C)c2cc(C)c(C)cc2C)cc1C(C)C. The molecule has 2 rings (SSSR count). The van der Waals surface area contributed by atoms with Gasteiger partial charge in [0.1, 0.15) is 5.75 Å². The van der Waals surface area contributed by atoms with E-state index in [9.17, 15) is 4.79 Å². The van der Waals surface area contributed by atoms with Crippen LogP contribution in [0.15, 0.2) is 24.3 Å². The summed E-state index contributed by atoms with van der Waals surface area (Å²) in [6, 6.07) is 8.23. The zero-order chi connectivity index (χ0) is 19.6. The van der Waals surface area contributed by atoms with Crippen molar-refractivity contribution in [2.45, 2.75) is 60.4 Å². The van der Waals surface area contributed by atoms with Crippen molar-refractivity contribution >= 4 is 5.91 Å². The van der Waals surface area contributed by atoms with Gasteiger partial charge in [-0.15, -0.1) is 0 Å². The van der Waals surface area contributed by atoms with Gasteiger partial charge in [-0.05, 0) is 86.1 Å². The fourth-order valence-corrected chi connectivity index (χ4v) is 3.37. The standard InChI is InChI=1S/C23H31NO2/c1-13(2)19-12-21(17(6)11-22(19)26-8)23(25)24-18(7)20-10-15(4)14(3)9-16(20)5/h9-13,18H,1-8H3,(H,24,25)/t18-/m1/s1. The first kappa shape index (κ1) is 20.0. The van der Waals surface area contributed by atoms with Crippen molar-refractivity contribution in [3.8, 4) is 5.75 Å². The Morgan fingerprint density at radius 1 is 0.846 bits per heavy atom. The van der Waals surface area contributed by atoms with Gasteiger partial charge in [0.25, 0.3) is 5.91 Å². The normalized spacial score (nSPS) is 12.2. The Kier molecular flexibility index (Phi) is 6.12. The highest BCUT2D eigenvalue weighted by molar-refractivity contribution is 5.96. The summed E-state index contributed by atoms with van der Waals surface area (Å²) in [5.74, 6) is 1.08. The van der Waals surface area contributed by atoms with E-state index in [-0.39, 0.29) is 17.9 Å². The summed E-state index contributed by atoms with van der Waals surface area (Å²) in [7, 11) is 1.67. The molecule has 0 unspecified atom stereocenters. The van der Waals surface area contributed by atoms with Gasteiger partial charge in [-0.25, -0.2) is 0 Å². The average molecular weight is 354 g/mol. The van der Waals surface area contributed by atoms with Gasteiger partial charge in [0, 0.05) is 5.56 Å². The Balaban J connectivity index is 2.33. The summed E-state index contributed by atoms with van der Waals surface area (Å²) in [4.78, 5) is 12.9. The molecule has 0 aliphatic rings. The Hall–Kier alpha value is -2.29. The van der Waals surface area contributed by atoms with E-state index in [0.29, 0.717) is 5.56 Å². The smallest absolute Gasteiger partial charge is 0.252 e. The lowest BCUT2D eigenvalue weighted by Crippen LogP contribution is -2.28. The van der Waals surface area contributed by atoms with Crippen LogP contribution >= 0.6 is 0 Å². The molecule has 0 aliphatic heterocycles. The highest BCUT2D eigenvalue weighted by Gasteiger charge is 2.19. The number of nitrogens with one attached hydrogen (secondary N) is 1. The van der Waals surface area contributed by atoms with Crippen molar-refractivity contribution < 1.29 is 9.53 Å². The predicted molar refractivity (Wildman–Crippen MR) is 108 cm³/mol. The van der Waals surface area contributed by atoms with Gasteiger partial charge in [-0.2, -0.15) is 0 Å². The Morgan fingerprint density at radius 3 is 2.04 bits per heavy atom. The Bertz CT molecular complexity index is 821. The molecule has 1 amide bonds. The molecule has 0 saturated heterocycles. The molecule has 0 saturated carbocycles. The van der Waals surface area contributed by atoms with Crippen LogP contribution in [0.1, 0.15) is 76.5 Å². The number of hydrogen-bond donors (Lipinski definition) is 1. The molecule has 1 N–H and O–H groups in total. The first-order valence-corrected chi connectivity index (χ1v) is 9.22. The van der Waals surface area contributed by atoms with Crippen LogP contribution in [-0.4, -0.2) is 13.0 Å². The molecule has 2 aromatic carbocycles. The zero-order valence-electron chi connectivity index (χ0n) is 17.3. The zero-order valence-corrected chi connectivity index (χ0v) is 17.3. The number of amides is 1. The van der Waals surface area contributed by atoms with E-state index < -0.39 is 0 Å². The summed E-state index contributed by atoms with van der Waals surface area (Å²) in [5.41, 5.74) is 7.58. The first-order chi connectivity index (χ1) is 12.1. The van der Waals surface area contributed by atoms with Crippen LogP contribution in [-0.2, 0) is 0 Å². The molecule has 2 aromatic rings. The molecule has 1 atom stereocenters. The highest BCUT2D eigenvalue weighted by Crippen LogP contribution is 2.30. The minimum Gasteiger partial charge on any atom is -0.496 e. The van der Waals surface area contributed by atoms with Crippen LogP contribution in [0.5, 0.6) is 5.75 Å². The van der Waals surface area contributed by atoms with Crippen LogP contribution in [0.25, 0.3) is 0 Å². The molecule has 140 valence electrons. The average Bonchev–Trinajstić information content (AvgIpc) is 2.57. The van der Waals surface area contributed by atoms with E-state index >= 15 is 0 Å². The number of aryl methyl sites for hydroxylation is 4. The maximum atomic E-state index is 12.9. The molecule has 0 radical (unpaired) electrons. The fraction of sp³-hybridized carbons (Fsp3) is 0.435.